The predicted octanol–water partition coefficient (Wildman–Crippen LogP) is 2.97. The molecule has 1 aromatic heterocycles. The topological polar surface area (TPSA) is 41.6 Å². The van der Waals surface area contributed by atoms with Crippen LogP contribution in [0.15, 0.2) is 18.2 Å². The summed E-state index contributed by atoms with van der Waals surface area (Å²) in [4.78, 5) is 4.60. The third-order valence-electron chi connectivity index (χ3n) is 3.17. The van der Waals surface area contributed by atoms with Gasteiger partial charge in [0.1, 0.15) is 5.82 Å². The second-order valence-corrected chi connectivity index (χ2v) is 4.59. The summed E-state index contributed by atoms with van der Waals surface area (Å²) in [5, 5.41) is 7.39. The van der Waals surface area contributed by atoms with Crippen molar-refractivity contribution in [1.29, 1.82) is 0 Å². The Morgan fingerprint density at radius 1 is 1.19 bits per heavy atom. The Hall–Kier alpha value is -1.64. The third kappa shape index (κ3) is 1.52. The zero-order valence-corrected chi connectivity index (χ0v) is 9.62. The highest BCUT2D eigenvalue weighted by atomic mass is 15.2. The molecule has 0 aliphatic heterocycles. The highest BCUT2D eigenvalue weighted by Gasteiger charge is 2.27. The van der Waals surface area contributed by atoms with Crippen molar-refractivity contribution in [2.45, 2.75) is 32.6 Å². The average molecular weight is 213 g/mol. The highest BCUT2D eigenvalue weighted by molar-refractivity contribution is 5.64. The Morgan fingerprint density at radius 2 is 1.88 bits per heavy atom. The standard InChI is InChI=1S/C13H15N3/c1-8-4-3-5-9(2)11(8)13-14-12(15-16-13)10-6-7-10/h3-5,10H,6-7H2,1-2H3,(H,14,15,16). The van der Waals surface area contributed by atoms with Crippen LogP contribution in [0, 0.1) is 13.8 Å². The highest BCUT2D eigenvalue weighted by Crippen LogP contribution is 2.38. The Kier molecular flexibility index (Phi) is 2.06. The van der Waals surface area contributed by atoms with Gasteiger partial charge < -0.3 is 0 Å². The molecular formula is C13H15N3. The first kappa shape index (κ1) is 9.58. The SMILES string of the molecule is Cc1cccc(C)c1-c1n[nH]c(C2CC2)n1. The first-order valence-electron chi connectivity index (χ1n) is 5.74. The largest absolute Gasteiger partial charge is 0.262 e. The molecule has 1 N–H and O–H groups in total. The summed E-state index contributed by atoms with van der Waals surface area (Å²) in [5.41, 5.74) is 3.65. The summed E-state index contributed by atoms with van der Waals surface area (Å²) in [6, 6.07) is 6.29. The number of hydrogen-bond acceptors (Lipinski definition) is 2. The number of benzene rings is 1. The molecule has 1 aliphatic carbocycles. The monoisotopic (exact) mass is 213 g/mol. The molecule has 0 amide bonds. The molecule has 0 atom stereocenters. The van der Waals surface area contributed by atoms with Crippen LogP contribution in [0.1, 0.15) is 35.7 Å². The number of aromatic amines is 1. The summed E-state index contributed by atoms with van der Waals surface area (Å²) >= 11 is 0. The van der Waals surface area contributed by atoms with Gasteiger partial charge in [-0.05, 0) is 37.8 Å². The molecular weight excluding hydrogens is 198 g/mol. The molecule has 3 rings (SSSR count). The molecule has 1 heterocycles. The lowest BCUT2D eigenvalue weighted by atomic mass is 10.0. The van der Waals surface area contributed by atoms with Crippen LogP contribution in [-0.2, 0) is 0 Å². The zero-order valence-electron chi connectivity index (χ0n) is 9.62. The number of aromatic nitrogens is 3. The lowest BCUT2D eigenvalue weighted by molar-refractivity contribution is 0.935. The minimum absolute atomic E-state index is 0.630. The number of H-pyrrole nitrogens is 1. The third-order valence-corrected chi connectivity index (χ3v) is 3.17. The number of aryl methyl sites for hydroxylation is 2. The van der Waals surface area contributed by atoms with E-state index in [2.05, 4.69) is 47.2 Å². The molecule has 2 aromatic rings. The van der Waals surface area contributed by atoms with Crippen molar-refractivity contribution in [2.24, 2.45) is 0 Å². The fourth-order valence-corrected chi connectivity index (χ4v) is 2.09. The van der Waals surface area contributed by atoms with Gasteiger partial charge in [0.15, 0.2) is 5.82 Å². The molecule has 1 fully saturated rings. The van der Waals surface area contributed by atoms with E-state index in [1.807, 2.05) is 0 Å². The van der Waals surface area contributed by atoms with Crippen molar-refractivity contribution in [3.8, 4) is 11.4 Å². The minimum atomic E-state index is 0.630. The van der Waals surface area contributed by atoms with Crippen LogP contribution in [0.25, 0.3) is 11.4 Å². The van der Waals surface area contributed by atoms with Crippen LogP contribution in [0.2, 0.25) is 0 Å². The summed E-state index contributed by atoms with van der Waals surface area (Å²) in [6.45, 7) is 4.21. The van der Waals surface area contributed by atoms with E-state index in [1.54, 1.807) is 0 Å². The molecule has 0 radical (unpaired) electrons. The number of hydrogen-bond donors (Lipinski definition) is 1. The molecule has 1 aromatic carbocycles. The average Bonchev–Trinajstić information content (AvgIpc) is 2.99. The van der Waals surface area contributed by atoms with Gasteiger partial charge in [0.2, 0.25) is 0 Å². The molecule has 0 saturated heterocycles. The molecule has 82 valence electrons. The van der Waals surface area contributed by atoms with E-state index in [9.17, 15) is 0 Å². The van der Waals surface area contributed by atoms with Crippen LogP contribution >= 0.6 is 0 Å². The molecule has 3 nitrogen and oxygen atoms in total. The Labute approximate surface area is 94.9 Å². The van der Waals surface area contributed by atoms with E-state index in [-0.39, 0.29) is 0 Å². The van der Waals surface area contributed by atoms with Crippen LogP contribution in [-0.4, -0.2) is 15.2 Å². The maximum atomic E-state index is 4.60. The second kappa shape index (κ2) is 3.44. The molecule has 0 bridgehead atoms. The van der Waals surface area contributed by atoms with Crippen molar-refractivity contribution in [2.75, 3.05) is 0 Å². The van der Waals surface area contributed by atoms with Crippen LogP contribution in [0.4, 0.5) is 0 Å². The quantitative estimate of drug-likeness (QED) is 0.833. The van der Waals surface area contributed by atoms with Gasteiger partial charge in [-0.25, -0.2) is 4.98 Å². The van der Waals surface area contributed by atoms with Gasteiger partial charge in [0, 0.05) is 11.5 Å². The number of nitrogens with one attached hydrogen (secondary N) is 1. The van der Waals surface area contributed by atoms with Gasteiger partial charge in [-0.2, -0.15) is 5.10 Å². The summed E-state index contributed by atoms with van der Waals surface area (Å²) in [7, 11) is 0. The first-order valence-corrected chi connectivity index (χ1v) is 5.74. The van der Waals surface area contributed by atoms with Crippen molar-refractivity contribution in [3.63, 3.8) is 0 Å². The smallest absolute Gasteiger partial charge is 0.181 e. The van der Waals surface area contributed by atoms with Gasteiger partial charge in [-0.1, -0.05) is 18.2 Å². The second-order valence-electron chi connectivity index (χ2n) is 4.59. The summed E-state index contributed by atoms with van der Waals surface area (Å²) < 4.78 is 0. The van der Waals surface area contributed by atoms with Gasteiger partial charge >= 0.3 is 0 Å². The zero-order chi connectivity index (χ0) is 11.1. The molecule has 0 spiro atoms. The van der Waals surface area contributed by atoms with Gasteiger partial charge in [0.05, 0.1) is 0 Å². The van der Waals surface area contributed by atoms with E-state index in [0.29, 0.717) is 5.92 Å². The number of nitrogens with zero attached hydrogens (tertiary/aromatic N) is 2. The molecule has 0 unspecified atom stereocenters. The van der Waals surface area contributed by atoms with E-state index in [4.69, 9.17) is 0 Å². The molecule has 16 heavy (non-hydrogen) atoms. The van der Waals surface area contributed by atoms with E-state index in [1.165, 1.54) is 29.5 Å². The van der Waals surface area contributed by atoms with Crippen LogP contribution in [0.5, 0.6) is 0 Å². The molecule has 1 aliphatic rings. The van der Waals surface area contributed by atoms with E-state index >= 15 is 0 Å². The summed E-state index contributed by atoms with van der Waals surface area (Å²) in [5.74, 6) is 2.53. The summed E-state index contributed by atoms with van der Waals surface area (Å²) in [6.07, 6.45) is 2.50. The molecule has 3 heteroatoms. The fourth-order valence-electron chi connectivity index (χ4n) is 2.09. The maximum Gasteiger partial charge on any atom is 0.181 e. The van der Waals surface area contributed by atoms with Crippen molar-refractivity contribution >= 4 is 0 Å². The van der Waals surface area contributed by atoms with Crippen LogP contribution < -0.4 is 0 Å². The lowest BCUT2D eigenvalue weighted by Gasteiger charge is -2.04. The predicted molar refractivity (Wildman–Crippen MR) is 63.3 cm³/mol. The lowest BCUT2D eigenvalue weighted by Crippen LogP contribution is -1.89. The Bertz CT molecular complexity index is 503. The normalized spacial score (nSPS) is 15.4. The number of rotatable bonds is 2. The Morgan fingerprint density at radius 3 is 2.50 bits per heavy atom. The van der Waals surface area contributed by atoms with Gasteiger partial charge in [-0.3, -0.25) is 5.10 Å². The van der Waals surface area contributed by atoms with Gasteiger partial charge in [0.25, 0.3) is 0 Å². The van der Waals surface area contributed by atoms with Crippen molar-refractivity contribution < 1.29 is 0 Å². The maximum absolute atomic E-state index is 4.60. The molecule has 1 saturated carbocycles. The van der Waals surface area contributed by atoms with E-state index in [0.717, 1.165) is 11.6 Å². The van der Waals surface area contributed by atoms with Gasteiger partial charge in [-0.15, -0.1) is 0 Å². The fraction of sp³-hybridized carbons (Fsp3) is 0.385. The van der Waals surface area contributed by atoms with Crippen molar-refractivity contribution in [1.82, 2.24) is 15.2 Å². The first-order chi connectivity index (χ1) is 7.75. The van der Waals surface area contributed by atoms with E-state index < -0.39 is 0 Å². The Balaban J connectivity index is 2.06. The van der Waals surface area contributed by atoms with Crippen molar-refractivity contribution in [3.05, 3.63) is 35.2 Å². The minimum Gasteiger partial charge on any atom is -0.262 e. The van der Waals surface area contributed by atoms with Crippen LogP contribution in [0.3, 0.4) is 0 Å².